The molecule has 0 aliphatic heterocycles. The van der Waals surface area contributed by atoms with Gasteiger partial charge in [0.1, 0.15) is 5.52 Å². The lowest BCUT2D eigenvalue weighted by Crippen LogP contribution is -1.94. The fourth-order valence-corrected chi connectivity index (χ4v) is 1.77. The molecule has 0 aliphatic rings. The van der Waals surface area contributed by atoms with Crippen molar-refractivity contribution in [2.75, 3.05) is 0 Å². The number of carboxylic acids is 1. The van der Waals surface area contributed by atoms with E-state index >= 15 is 0 Å². The van der Waals surface area contributed by atoms with Crippen molar-refractivity contribution in [1.29, 1.82) is 0 Å². The van der Waals surface area contributed by atoms with Crippen LogP contribution in [0.25, 0.3) is 11.1 Å². The number of aliphatic carboxylic acids is 1. The molecule has 5 heteroatoms. The quantitative estimate of drug-likeness (QED) is 0.831. The van der Waals surface area contributed by atoms with Crippen LogP contribution in [0.1, 0.15) is 25.2 Å². The number of fused-ring (bicyclic) bond motifs is 1. The third kappa shape index (κ3) is 3.20. The topological polar surface area (TPSA) is 63.3 Å². The highest BCUT2D eigenvalue weighted by Gasteiger charge is 2.06. The molecule has 0 saturated heterocycles. The van der Waals surface area contributed by atoms with E-state index in [1.54, 1.807) is 18.2 Å². The molecule has 0 radical (unpaired) electrons. The van der Waals surface area contributed by atoms with Crippen LogP contribution in [0.5, 0.6) is 0 Å². The summed E-state index contributed by atoms with van der Waals surface area (Å²) in [6.07, 6.45) is 2.23. The molecule has 1 N–H and O–H groups in total. The van der Waals surface area contributed by atoms with Crippen molar-refractivity contribution >= 4 is 28.7 Å². The molecule has 0 amide bonds. The molecular weight excluding hydrogens is 242 g/mol. The summed E-state index contributed by atoms with van der Waals surface area (Å²) in [5.74, 6) is -0.137. The molecule has 90 valence electrons. The van der Waals surface area contributed by atoms with Crippen LogP contribution in [0.3, 0.4) is 0 Å². The van der Waals surface area contributed by atoms with Crippen molar-refractivity contribution in [2.24, 2.45) is 0 Å². The van der Waals surface area contributed by atoms with Crippen LogP contribution in [0.2, 0.25) is 5.02 Å². The zero-order valence-electron chi connectivity index (χ0n) is 9.15. The van der Waals surface area contributed by atoms with Crippen molar-refractivity contribution < 1.29 is 14.3 Å². The van der Waals surface area contributed by atoms with E-state index in [0.717, 1.165) is 11.9 Å². The number of nitrogens with zero attached hydrogens (tertiary/aromatic N) is 1. The number of aryl methyl sites for hydroxylation is 1. The predicted molar refractivity (Wildman–Crippen MR) is 64.2 cm³/mol. The number of carboxylic acid groups (broad SMARTS) is 1. The van der Waals surface area contributed by atoms with E-state index in [1.165, 1.54) is 0 Å². The fourth-order valence-electron chi connectivity index (χ4n) is 1.61. The van der Waals surface area contributed by atoms with Gasteiger partial charge in [-0.05, 0) is 31.0 Å². The minimum absolute atomic E-state index is 0.187. The fraction of sp³-hybridized carbons (Fsp3) is 0.333. The standard InChI is InChI=1S/C12H12ClNO3/c13-8-5-6-10-9(7-8)14-11(17-10)3-1-2-4-12(15)16/h5-7H,1-4H2,(H,15,16). The molecule has 0 fully saturated rings. The molecule has 17 heavy (non-hydrogen) atoms. The smallest absolute Gasteiger partial charge is 0.303 e. The summed E-state index contributed by atoms with van der Waals surface area (Å²) >= 11 is 5.84. The van der Waals surface area contributed by atoms with E-state index in [9.17, 15) is 4.79 Å². The van der Waals surface area contributed by atoms with Crippen LogP contribution in [0.4, 0.5) is 0 Å². The Balaban J connectivity index is 1.97. The molecule has 2 aromatic rings. The van der Waals surface area contributed by atoms with Gasteiger partial charge < -0.3 is 9.52 Å². The second-order valence-corrected chi connectivity index (χ2v) is 4.26. The highest BCUT2D eigenvalue weighted by atomic mass is 35.5. The Morgan fingerprint density at radius 2 is 2.24 bits per heavy atom. The third-order valence-electron chi connectivity index (χ3n) is 2.43. The molecule has 0 aliphatic carbocycles. The van der Waals surface area contributed by atoms with Crippen molar-refractivity contribution in [3.05, 3.63) is 29.1 Å². The molecule has 0 bridgehead atoms. The third-order valence-corrected chi connectivity index (χ3v) is 2.66. The second kappa shape index (κ2) is 5.19. The lowest BCUT2D eigenvalue weighted by atomic mass is 10.2. The van der Waals surface area contributed by atoms with Crippen LogP contribution in [0, 0.1) is 0 Å². The van der Waals surface area contributed by atoms with E-state index in [0.29, 0.717) is 29.3 Å². The van der Waals surface area contributed by atoms with Gasteiger partial charge in [-0.3, -0.25) is 4.79 Å². The average Bonchev–Trinajstić information content (AvgIpc) is 2.66. The zero-order valence-corrected chi connectivity index (χ0v) is 9.91. The second-order valence-electron chi connectivity index (χ2n) is 3.82. The highest BCUT2D eigenvalue weighted by Crippen LogP contribution is 2.20. The van der Waals surface area contributed by atoms with E-state index in [1.807, 2.05) is 0 Å². The van der Waals surface area contributed by atoms with Gasteiger partial charge in [-0.15, -0.1) is 0 Å². The minimum Gasteiger partial charge on any atom is -0.481 e. The number of carbonyl (C=O) groups is 1. The van der Waals surface area contributed by atoms with Gasteiger partial charge in [-0.1, -0.05) is 11.6 Å². The van der Waals surface area contributed by atoms with Crippen molar-refractivity contribution in [3.63, 3.8) is 0 Å². The summed E-state index contributed by atoms with van der Waals surface area (Å²) in [6.45, 7) is 0. The molecule has 0 spiro atoms. The Morgan fingerprint density at radius 1 is 1.41 bits per heavy atom. The maximum atomic E-state index is 10.3. The highest BCUT2D eigenvalue weighted by molar-refractivity contribution is 6.31. The van der Waals surface area contributed by atoms with E-state index < -0.39 is 5.97 Å². The van der Waals surface area contributed by atoms with Gasteiger partial charge in [-0.25, -0.2) is 4.98 Å². The van der Waals surface area contributed by atoms with Crippen molar-refractivity contribution in [3.8, 4) is 0 Å². The van der Waals surface area contributed by atoms with Crippen LogP contribution in [0.15, 0.2) is 22.6 Å². The molecule has 2 rings (SSSR count). The Hall–Kier alpha value is -1.55. The maximum absolute atomic E-state index is 10.3. The van der Waals surface area contributed by atoms with E-state index in [4.69, 9.17) is 21.1 Å². The zero-order chi connectivity index (χ0) is 12.3. The number of benzene rings is 1. The Kier molecular flexibility index (Phi) is 3.64. The SMILES string of the molecule is O=C(O)CCCCc1nc2cc(Cl)ccc2o1. The summed E-state index contributed by atoms with van der Waals surface area (Å²) in [5, 5.41) is 9.13. The number of aromatic nitrogens is 1. The number of unbranched alkanes of at least 4 members (excludes halogenated alkanes) is 1. The van der Waals surface area contributed by atoms with Gasteiger partial charge in [0.25, 0.3) is 0 Å². The molecule has 1 heterocycles. The molecule has 0 saturated carbocycles. The lowest BCUT2D eigenvalue weighted by molar-refractivity contribution is -0.137. The van der Waals surface area contributed by atoms with Gasteiger partial charge in [0.15, 0.2) is 11.5 Å². The number of hydrogen-bond donors (Lipinski definition) is 1. The largest absolute Gasteiger partial charge is 0.481 e. The molecule has 1 aromatic carbocycles. The lowest BCUT2D eigenvalue weighted by Gasteiger charge is -1.93. The van der Waals surface area contributed by atoms with Crippen LogP contribution in [-0.4, -0.2) is 16.1 Å². The Bertz CT molecular complexity index is 536. The van der Waals surface area contributed by atoms with Crippen molar-refractivity contribution in [1.82, 2.24) is 4.98 Å². The Morgan fingerprint density at radius 3 is 3.00 bits per heavy atom. The Labute approximate surface area is 103 Å². The summed E-state index contributed by atoms with van der Waals surface area (Å²) in [7, 11) is 0. The number of oxazole rings is 1. The van der Waals surface area contributed by atoms with Gasteiger partial charge in [-0.2, -0.15) is 0 Å². The van der Waals surface area contributed by atoms with Crippen LogP contribution in [-0.2, 0) is 11.2 Å². The summed E-state index contributed by atoms with van der Waals surface area (Å²) in [5.41, 5.74) is 1.45. The minimum atomic E-state index is -0.769. The van der Waals surface area contributed by atoms with Gasteiger partial charge in [0, 0.05) is 17.9 Å². The number of halogens is 1. The first kappa shape index (κ1) is 11.9. The molecular formula is C12H12ClNO3. The van der Waals surface area contributed by atoms with Crippen LogP contribution < -0.4 is 0 Å². The first-order valence-corrected chi connectivity index (χ1v) is 5.80. The molecule has 0 atom stereocenters. The van der Waals surface area contributed by atoms with Gasteiger partial charge >= 0.3 is 5.97 Å². The molecule has 4 nitrogen and oxygen atoms in total. The van der Waals surface area contributed by atoms with Crippen molar-refractivity contribution in [2.45, 2.75) is 25.7 Å². The van der Waals surface area contributed by atoms with Gasteiger partial charge in [0.2, 0.25) is 0 Å². The first-order chi connectivity index (χ1) is 8.15. The van der Waals surface area contributed by atoms with Gasteiger partial charge in [0.05, 0.1) is 0 Å². The monoisotopic (exact) mass is 253 g/mol. The maximum Gasteiger partial charge on any atom is 0.303 e. The summed E-state index contributed by atoms with van der Waals surface area (Å²) in [4.78, 5) is 14.6. The normalized spacial score (nSPS) is 10.9. The van der Waals surface area contributed by atoms with E-state index in [-0.39, 0.29) is 6.42 Å². The number of rotatable bonds is 5. The average molecular weight is 254 g/mol. The molecule has 1 aromatic heterocycles. The summed E-state index contributed by atoms with van der Waals surface area (Å²) in [6, 6.07) is 5.29. The molecule has 0 unspecified atom stereocenters. The van der Waals surface area contributed by atoms with E-state index in [2.05, 4.69) is 4.98 Å². The number of hydrogen-bond acceptors (Lipinski definition) is 3. The first-order valence-electron chi connectivity index (χ1n) is 5.42. The predicted octanol–water partition coefficient (Wildman–Crippen LogP) is 3.28. The summed E-state index contributed by atoms with van der Waals surface area (Å²) < 4.78 is 5.51. The van der Waals surface area contributed by atoms with Crippen LogP contribution >= 0.6 is 11.6 Å².